The second-order valence-corrected chi connectivity index (χ2v) is 7.49. The van der Waals surface area contributed by atoms with Crippen LogP contribution in [0.2, 0.25) is 0 Å². The van der Waals surface area contributed by atoms with Crippen LogP contribution < -0.4 is 10.6 Å². The van der Waals surface area contributed by atoms with Crippen molar-refractivity contribution in [3.63, 3.8) is 0 Å². The highest BCUT2D eigenvalue weighted by Crippen LogP contribution is 2.28. The molecule has 2 bridgehead atoms. The average molecular weight is 327 g/mol. The van der Waals surface area contributed by atoms with Gasteiger partial charge in [0.1, 0.15) is 10.7 Å². The number of hydrogen-bond donors (Lipinski definition) is 2. The summed E-state index contributed by atoms with van der Waals surface area (Å²) in [5.74, 6) is -0.0348. The highest BCUT2D eigenvalue weighted by Gasteiger charge is 2.34. The molecule has 1 amide bonds. The van der Waals surface area contributed by atoms with Crippen molar-refractivity contribution < 1.29 is 4.79 Å². The zero-order valence-electron chi connectivity index (χ0n) is 13.2. The van der Waals surface area contributed by atoms with Gasteiger partial charge in [0.15, 0.2) is 0 Å². The number of carbonyl (C=O) groups is 1. The zero-order chi connectivity index (χ0) is 15.8. The van der Waals surface area contributed by atoms with Gasteiger partial charge in [-0.15, -0.1) is 11.3 Å². The molecule has 0 radical (unpaired) electrons. The van der Waals surface area contributed by atoms with Crippen molar-refractivity contribution in [2.24, 2.45) is 0 Å². The molecular formula is C18H21N3OS. The zero-order valence-corrected chi connectivity index (χ0v) is 14.0. The lowest BCUT2D eigenvalue weighted by Gasteiger charge is -2.29. The number of carbonyl (C=O) groups excluding carboxylic acids is 1. The van der Waals surface area contributed by atoms with Gasteiger partial charge in [0.05, 0.1) is 0 Å². The molecule has 2 fully saturated rings. The summed E-state index contributed by atoms with van der Waals surface area (Å²) < 4.78 is 0. The maximum Gasteiger partial charge on any atom is 0.270 e. The van der Waals surface area contributed by atoms with Crippen LogP contribution >= 0.6 is 11.3 Å². The minimum Gasteiger partial charge on any atom is -0.348 e. The fourth-order valence-corrected chi connectivity index (χ4v) is 4.64. The number of fused-ring (bicyclic) bond motifs is 2. The van der Waals surface area contributed by atoms with Gasteiger partial charge in [0.2, 0.25) is 0 Å². The van der Waals surface area contributed by atoms with Crippen LogP contribution in [0.15, 0.2) is 29.6 Å². The maximum absolute atomic E-state index is 12.5. The van der Waals surface area contributed by atoms with Crippen molar-refractivity contribution >= 4 is 17.2 Å². The van der Waals surface area contributed by atoms with Crippen molar-refractivity contribution in [1.29, 1.82) is 0 Å². The first kappa shape index (κ1) is 14.8. The molecule has 5 heteroatoms. The Kier molecular flexibility index (Phi) is 3.91. The van der Waals surface area contributed by atoms with E-state index < -0.39 is 0 Å². The van der Waals surface area contributed by atoms with Gasteiger partial charge < -0.3 is 10.6 Å². The molecule has 0 aliphatic carbocycles. The lowest BCUT2D eigenvalue weighted by Crippen LogP contribution is -2.48. The third-order valence-electron chi connectivity index (χ3n) is 4.92. The lowest BCUT2D eigenvalue weighted by atomic mass is 10.00. The van der Waals surface area contributed by atoms with Crippen LogP contribution in [-0.2, 0) is 0 Å². The molecule has 2 unspecified atom stereocenters. The Labute approximate surface area is 140 Å². The molecule has 2 N–H and O–H groups in total. The fraction of sp³-hybridized carbons (Fsp3) is 0.444. The smallest absolute Gasteiger partial charge is 0.270 e. The molecule has 2 atom stereocenters. The summed E-state index contributed by atoms with van der Waals surface area (Å²) in [5, 5.41) is 9.56. The molecule has 0 spiro atoms. The predicted molar refractivity (Wildman–Crippen MR) is 92.7 cm³/mol. The molecule has 1 aromatic heterocycles. The first-order valence-corrected chi connectivity index (χ1v) is 9.15. The Morgan fingerprint density at radius 2 is 2.00 bits per heavy atom. The van der Waals surface area contributed by atoms with Crippen LogP contribution in [-0.4, -0.2) is 29.0 Å². The molecule has 4 nitrogen and oxygen atoms in total. The van der Waals surface area contributed by atoms with E-state index in [1.165, 1.54) is 29.7 Å². The van der Waals surface area contributed by atoms with E-state index in [9.17, 15) is 4.79 Å². The third kappa shape index (κ3) is 3.03. The van der Waals surface area contributed by atoms with Crippen LogP contribution in [0, 0.1) is 6.92 Å². The number of aryl methyl sites for hydroxylation is 1. The minimum atomic E-state index is -0.0348. The van der Waals surface area contributed by atoms with Crippen molar-refractivity contribution in [2.75, 3.05) is 0 Å². The molecule has 23 heavy (non-hydrogen) atoms. The summed E-state index contributed by atoms with van der Waals surface area (Å²) in [6.07, 6.45) is 4.56. The standard InChI is InChI=1S/C18H21N3OS/c1-11-4-2-3-5-15(11)18-21-16(10-23-18)17(22)20-14-8-12-6-7-13(9-14)19-12/h2-5,10,12-14,19H,6-9H2,1H3,(H,20,22). The molecule has 2 aliphatic heterocycles. The SMILES string of the molecule is Cc1ccccc1-c1nc(C(=O)NC2CC3CCC(C2)N3)cs1. The van der Waals surface area contributed by atoms with Gasteiger partial charge in [0.25, 0.3) is 5.91 Å². The summed E-state index contributed by atoms with van der Waals surface area (Å²) in [5.41, 5.74) is 2.83. The van der Waals surface area contributed by atoms with Crippen molar-refractivity contribution in [3.8, 4) is 10.6 Å². The molecule has 4 rings (SSSR count). The van der Waals surface area contributed by atoms with Gasteiger partial charge in [-0.25, -0.2) is 4.98 Å². The Hall–Kier alpha value is -1.72. The van der Waals surface area contributed by atoms with Gasteiger partial charge in [-0.1, -0.05) is 24.3 Å². The van der Waals surface area contributed by atoms with Gasteiger partial charge in [-0.3, -0.25) is 4.79 Å². The number of amides is 1. The number of nitrogens with one attached hydrogen (secondary N) is 2. The number of rotatable bonds is 3. The van der Waals surface area contributed by atoms with Crippen LogP contribution in [0.1, 0.15) is 41.7 Å². The van der Waals surface area contributed by atoms with E-state index in [1.54, 1.807) is 0 Å². The topological polar surface area (TPSA) is 54.0 Å². The molecule has 0 saturated carbocycles. The van der Waals surface area contributed by atoms with Gasteiger partial charge in [-0.05, 0) is 38.2 Å². The van der Waals surface area contributed by atoms with E-state index in [0.29, 0.717) is 17.8 Å². The first-order valence-electron chi connectivity index (χ1n) is 8.27. The van der Waals surface area contributed by atoms with Crippen LogP contribution in [0.25, 0.3) is 10.6 Å². The normalized spacial score (nSPS) is 26.2. The predicted octanol–water partition coefficient (Wildman–Crippen LogP) is 3.13. The van der Waals surface area contributed by atoms with Gasteiger partial charge in [0, 0.05) is 29.1 Å². The Morgan fingerprint density at radius 3 is 2.74 bits per heavy atom. The molecular weight excluding hydrogens is 306 g/mol. The Morgan fingerprint density at radius 1 is 1.26 bits per heavy atom. The van der Waals surface area contributed by atoms with Crippen molar-refractivity contribution in [3.05, 3.63) is 40.9 Å². The third-order valence-corrected chi connectivity index (χ3v) is 5.80. The van der Waals surface area contributed by atoms with E-state index >= 15 is 0 Å². The number of aromatic nitrogens is 1. The molecule has 2 saturated heterocycles. The highest BCUT2D eigenvalue weighted by atomic mass is 32.1. The molecule has 3 heterocycles. The summed E-state index contributed by atoms with van der Waals surface area (Å²) >= 11 is 1.54. The number of nitrogens with zero attached hydrogens (tertiary/aromatic N) is 1. The second kappa shape index (κ2) is 6.06. The van der Waals surface area contributed by atoms with Crippen LogP contribution in [0.4, 0.5) is 0 Å². The van der Waals surface area contributed by atoms with Gasteiger partial charge in [-0.2, -0.15) is 0 Å². The van der Waals surface area contributed by atoms with E-state index in [1.807, 2.05) is 17.5 Å². The Balaban J connectivity index is 1.46. The summed E-state index contributed by atoms with van der Waals surface area (Å²) in [6, 6.07) is 9.60. The average Bonchev–Trinajstić information content (AvgIpc) is 3.15. The number of piperidine rings is 1. The number of thiazole rings is 1. The van der Waals surface area contributed by atoms with Crippen LogP contribution in [0.5, 0.6) is 0 Å². The summed E-state index contributed by atoms with van der Waals surface area (Å²) in [7, 11) is 0. The van der Waals surface area contributed by atoms with E-state index in [4.69, 9.17) is 0 Å². The molecule has 2 aromatic rings. The van der Waals surface area contributed by atoms with Crippen molar-refractivity contribution in [2.45, 2.75) is 50.7 Å². The van der Waals surface area contributed by atoms with Crippen molar-refractivity contribution in [1.82, 2.24) is 15.6 Å². The first-order chi connectivity index (χ1) is 11.2. The van der Waals surface area contributed by atoms with E-state index in [0.717, 1.165) is 23.4 Å². The molecule has 2 aliphatic rings. The lowest BCUT2D eigenvalue weighted by molar-refractivity contribution is 0.0919. The minimum absolute atomic E-state index is 0.0348. The quantitative estimate of drug-likeness (QED) is 0.910. The largest absolute Gasteiger partial charge is 0.348 e. The maximum atomic E-state index is 12.5. The van der Waals surface area contributed by atoms with E-state index in [-0.39, 0.29) is 11.9 Å². The van der Waals surface area contributed by atoms with Gasteiger partial charge >= 0.3 is 0 Å². The monoisotopic (exact) mass is 327 g/mol. The Bertz CT molecular complexity index is 715. The summed E-state index contributed by atoms with van der Waals surface area (Å²) in [6.45, 7) is 2.07. The number of benzene rings is 1. The highest BCUT2D eigenvalue weighted by molar-refractivity contribution is 7.13. The van der Waals surface area contributed by atoms with E-state index in [2.05, 4.69) is 34.7 Å². The molecule has 1 aromatic carbocycles. The summed E-state index contributed by atoms with van der Waals surface area (Å²) in [4.78, 5) is 17.0. The second-order valence-electron chi connectivity index (χ2n) is 6.63. The van der Waals surface area contributed by atoms with Crippen LogP contribution in [0.3, 0.4) is 0 Å². The molecule has 120 valence electrons. The fourth-order valence-electron chi connectivity index (χ4n) is 3.75. The number of hydrogen-bond acceptors (Lipinski definition) is 4.